The largest absolute Gasteiger partial charge is 0.334 e. The number of hydrogen-bond acceptors (Lipinski definition) is 2. The zero-order chi connectivity index (χ0) is 12.2. The first kappa shape index (κ1) is 12.3. The van der Waals surface area contributed by atoms with E-state index in [2.05, 4.69) is 11.4 Å². The van der Waals surface area contributed by atoms with Crippen molar-refractivity contribution in [3.8, 4) is 6.07 Å². The Labute approximate surface area is 96.1 Å². The molecule has 16 heavy (non-hydrogen) atoms. The first-order valence-electron chi connectivity index (χ1n) is 5.31. The molecule has 0 unspecified atom stereocenters. The molecule has 84 valence electrons. The molecule has 3 nitrogen and oxygen atoms in total. The van der Waals surface area contributed by atoms with E-state index in [-0.39, 0.29) is 5.91 Å². The van der Waals surface area contributed by atoms with E-state index in [0.29, 0.717) is 12.0 Å². The monoisotopic (exact) mass is 216 g/mol. The fraction of sp³-hybridized carbons (Fsp3) is 0.385. The molecule has 0 aromatic heterocycles. The van der Waals surface area contributed by atoms with Gasteiger partial charge in [-0.05, 0) is 32.4 Å². The number of carbonyl (C=O) groups is 1. The molecule has 0 spiro atoms. The molecule has 1 N–H and O–H groups in total. The summed E-state index contributed by atoms with van der Waals surface area (Å²) in [6.07, 6.45) is 0.584. The number of rotatable bonds is 3. The average molecular weight is 216 g/mol. The second-order valence-electron chi connectivity index (χ2n) is 4.12. The first-order chi connectivity index (χ1) is 7.50. The fourth-order valence-electron chi connectivity index (χ4n) is 1.30. The van der Waals surface area contributed by atoms with Gasteiger partial charge in [0.15, 0.2) is 0 Å². The molecule has 3 heteroatoms. The highest BCUT2D eigenvalue weighted by Crippen LogP contribution is 2.10. The van der Waals surface area contributed by atoms with Crippen molar-refractivity contribution < 1.29 is 4.79 Å². The summed E-state index contributed by atoms with van der Waals surface area (Å²) < 4.78 is 0. The van der Waals surface area contributed by atoms with Crippen LogP contribution >= 0.6 is 0 Å². The van der Waals surface area contributed by atoms with Gasteiger partial charge >= 0.3 is 0 Å². The lowest BCUT2D eigenvalue weighted by Gasteiger charge is -2.21. The number of nitrogens with zero attached hydrogens (tertiary/aromatic N) is 1. The van der Waals surface area contributed by atoms with E-state index >= 15 is 0 Å². The van der Waals surface area contributed by atoms with E-state index < -0.39 is 5.54 Å². The Bertz CT molecular complexity index is 434. The summed E-state index contributed by atoms with van der Waals surface area (Å²) in [6.45, 7) is 5.53. The topological polar surface area (TPSA) is 52.9 Å². The summed E-state index contributed by atoms with van der Waals surface area (Å²) in [5, 5.41) is 11.7. The lowest BCUT2D eigenvalue weighted by molar-refractivity contribution is 0.0923. The molecule has 0 aliphatic carbocycles. The molecule has 0 aliphatic rings. The van der Waals surface area contributed by atoms with E-state index in [1.807, 2.05) is 32.0 Å². The van der Waals surface area contributed by atoms with Crippen LogP contribution in [0.2, 0.25) is 0 Å². The molecular weight excluding hydrogens is 200 g/mol. The maximum absolute atomic E-state index is 11.9. The van der Waals surface area contributed by atoms with Gasteiger partial charge in [-0.3, -0.25) is 4.79 Å². The summed E-state index contributed by atoms with van der Waals surface area (Å²) in [5.74, 6) is -0.199. The quantitative estimate of drug-likeness (QED) is 0.843. The van der Waals surface area contributed by atoms with Crippen LogP contribution in [0.1, 0.15) is 36.2 Å². The van der Waals surface area contributed by atoms with Crippen molar-refractivity contribution in [2.75, 3.05) is 0 Å². The Morgan fingerprint density at radius 1 is 1.56 bits per heavy atom. The Balaban J connectivity index is 2.85. The molecule has 0 aliphatic heterocycles. The molecule has 0 radical (unpaired) electrons. The molecule has 0 fully saturated rings. The second-order valence-corrected chi connectivity index (χ2v) is 4.12. The maximum atomic E-state index is 11.9. The fourth-order valence-corrected chi connectivity index (χ4v) is 1.30. The van der Waals surface area contributed by atoms with Crippen LogP contribution < -0.4 is 5.32 Å². The van der Waals surface area contributed by atoms with Crippen molar-refractivity contribution in [3.63, 3.8) is 0 Å². The average Bonchev–Trinajstić information content (AvgIpc) is 2.29. The predicted octanol–water partition coefficient (Wildman–Crippen LogP) is 2.42. The maximum Gasteiger partial charge on any atom is 0.252 e. The van der Waals surface area contributed by atoms with Crippen LogP contribution in [0.4, 0.5) is 0 Å². The molecule has 0 saturated carbocycles. The Morgan fingerprint density at radius 3 is 2.75 bits per heavy atom. The van der Waals surface area contributed by atoms with Crippen molar-refractivity contribution in [2.45, 2.75) is 32.7 Å². The van der Waals surface area contributed by atoms with Gasteiger partial charge in [-0.2, -0.15) is 5.26 Å². The number of amides is 1. The summed E-state index contributed by atoms with van der Waals surface area (Å²) in [7, 11) is 0. The standard InChI is InChI=1S/C13H16N2O/c1-4-13(3,9-14)15-12(16)11-7-5-6-10(2)8-11/h5-8H,4H2,1-3H3,(H,15,16)/t13-/m1/s1. The predicted molar refractivity (Wildman–Crippen MR) is 63.0 cm³/mol. The van der Waals surface area contributed by atoms with E-state index in [9.17, 15) is 4.79 Å². The third kappa shape index (κ3) is 2.83. The number of hydrogen-bond donors (Lipinski definition) is 1. The lowest BCUT2D eigenvalue weighted by Crippen LogP contribution is -2.44. The summed E-state index contributed by atoms with van der Waals surface area (Å²) >= 11 is 0. The summed E-state index contributed by atoms with van der Waals surface area (Å²) in [5.41, 5.74) is 0.832. The third-order valence-corrected chi connectivity index (χ3v) is 2.62. The molecule has 1 aromatic rings. The van der Waals surface area contributed by atoms with Crippen molar-refractivity contribution in [1.82, 2.24) is 5.32 Å². The zero-order valence-corrected chi connectivity index (χ0v) is 9.87. The van der Waals surface area contributed by atoms with Gasteiger partial charge in [-0.15, -0.1) is 0 Å². The smallest absolute Gasteiger partial charge is 0.252 e. The molecule has 1 amide bonds. The van der Waals surface area contributed by atoms with Gasteiger partial charge in [-0.1, -0.05) is 24.6 Å². The normalized spacial score (nSPS) is 13.6. The number of carbonyl (C=O) groups excluding carboxylic acids is 1. The van der Waals surface area contributed by atoms with Crippen LogP contribution in [-0.4, -0.2) is 11.4 Å². The van der Waals surface area contributed by atoms with Gasteiger partial charge in [0.1, 0.15) is 5.54 Å². The van der Waals surface area contributed by atoms with Crippen LogP contribution in [0, 0.1) is 18.3 Å². The highest BCUT2D eigenvalue weighted by atomic mass is 16.1. The Hall–Kier alpha value is -1.82. The van der Waals surface area contributed by atoms with Gasteiger partial charge in [0.05, 0.1) is 6.07 Å². The van der Waals surface area contributed by atoms with Crippen molar-refractivity contribution >= 4 is 5.91 Å². The third-order valence-electron chi connectivity index (χ3n) is 2.62. The van der Waals surface area contributed by atoms with Gasteiger partial charge < -0.3 is 5.32 Å². The van der Waals surface area contributed by atoms with E-state index in [0.717, 1.165) is 5.56 Å². The molecule has 1 atom stereocenters. The lowest BCUT2D eigenvalue weighted by atomic mass is 10.0. The number of nitrogens with one attached hydrogen (secondary N) is 1. The molecule has 0 saturated heterocycles. The minimum Gasteiger partial charge on any atom is -0.334 e. The van der Waals surface area contributed by atoms with E-state index in [1.54, 1.807) is 13.0 Å². The number of benzene rings is 1. The molecule has 0 heterocycles. The molecule has 1 aromatic carbocycles. The Morgan fingerprint density at radius 2 is 2.25 bits per heavy atom. The van der Waals surface area contributed by atoms with Gasteiger partial charge in [-0.25, -0.2) is 0 Å². The van der Waals surface area contributed by atoms with Gasteiger partial charge in [0, 0.05) is 5.56 Å². The highest BCUT2D eigenvalue weighted by Gasteiger charge is 2.23. The zero-order valence-electron chi connectivity index (χ0n) is 9.87. The summed E-state index contributed by atoms with van der Waals surface area (Å²) in [4.78, 5) is 11.9. The molecule has 0 bridgehead atoms. The van der Waals surface area contributed by atoms with Gasteiger partial charge in [0.25, 0.3) is 5.91 Å². The number of aryl methyl sites for hydroxylation is 1. The van der Waals surface area contributed by atoms with Crippen LogP contribution in [0.15, 0.2) is 24.3 Å². The van der Waals surface area contributed by atoms with E-state index in [1.165, 1.54) is 0 Å². The minimum absolute atomic E-state index is 0.199. The SMILES string of the molecule is CC[C@](C)(C#N)NC(=O)c1cccc(C)c1. The van der Waals surface area contributed by atoms with Crippen LogP contribution in [0.5, 0.6) is 0 Å². The van der Waals surface area contributed by atoms with E-state index in [4.69, 9.17) is 5.26 Å². The second kappa shape index (κ2) is 4.80. The van der Waals surface area contributed by atoms with Crippen LogP contribution in [-0.2, 0) is 0 Å². The molecular formula is C13H16N2O. The summed E-state index contributed by atoms with van der Waals surface area (Å²) in [6, 6.07) is 9.43. The van der Waals surface area contributed by atoms with Crippen molar-refractivity contribution in [3.05, 3.63) is 35.4 Å². The van der Waals surface area contributed by atoms with Crippen molar-refractivity contribution in [1.29, 1.82) is 5.26 Å². The van der Waals surface area contributed by atoms with Crippen LogP contribution in [0.25, 0.3) is 0 Å². The first-order valence-corrected chi connectivity index (χ1v) is 5.31. The Kier molecular flexibility index (Phi) is 3.68. The molecule has 1 rings (SSSR count). The number of nitriles is 1. The van der Waals surface area contributed by atoms with Crippen LogP contribution in [0.3, 0.4) is 0 Å². The van der Waals surface area contributed by atoms with Gasteiger partial charge in [0.2, 0.25) is 0 Å². The minimum atomic E-state index is -0.791. The highest BCUT2D eigenvalue weighted by molar-refractivity contribution is 5.95. The van der Waals surface area contributed by atoms with Crippen molar-refractivity contribution in [2.24, 2.45) is 0 Å².